The molecule has 0 aliphatic heterocycles. The Morgan fingerprint density at radius 3 is 2.67 bits per heavy atom. The highest BCUT2D eigenvalue weighted by Crippen LogP contribution is 2.17. The summed E-state index contributed by atoms with van der Waals surface area (Å²) in [5.74, 6) is 0.963. The number of aromatic nitrogens is 2. The van der Waals surface area contributed by atoms with Crippen molar-refractivity contribution in [2.75, 3.05) is 19.7 Å². The topological polar surface area (TPSA) is 52.1 Å². The molecule has 0 saturated heterocycles. The van der Waals surface area contributed by atoms with Gasteiger partial charge in [-0.25, -0.2) is 4.98 Å². The lowest BCUT2D eigenvalue weighted by Gasteiger charge is -2.16. The van der Waals surface area contributed by atoms with E-state index in [0.717, 1.165) is 29.9 Å². The first-order chi connectivity index (χ1) is 8.63. The van der Waals surface area contributed by atoms with Gasteiger partial charge in [-0.15, -0.1) is 0 Å². The summed E-state index contributed by atoms with van der Waals surface area (Å²) in [5.41, 5.74) is 4.66. The van der Waals surface area contributed by atoms with Crippen molar-refractivity contribution in [1.82, 2.24) is 14.9 Å². The van der Waals surface area contributed by atoms with Gasteiger partial charge in [-0.05, 0) is 43.7 Å². The average molecular weight is 247 g/mol. The van der Waals surface area contributed by atoms with Gasteiger partial charge in [-0.3, -0.25) is 4.90 Å². The molecular weight excluding hydrogens is 226 g/mol. The molecule has 0 unspecified atom stereocenters. The van der Waals surface area contributed by atoms with E-state index in [1.54, 1.807) is 0 Å². The Kier molecular flexibility index (Phi) is 3.99. The van der Waals surface area contributed by atoms with E-state index in [2.05, 4.69) is 47.8 Å². The predicted octanol–water partition coefficient (Wildman–Crippen LogP) is 1.99. The summed E-state index contributed by atoms with van der Waals surface area (Å²) < 4.78 is 0. The standard InChI is InChI=1S/C14H21N3O/c1-4-17(5-6-18)9-14-15-12-7-10(2)11(3)8-13(12)16-14/h7-8,18H,4-6,9H2,1-3H3,(H,15,16). The monoisotopic (exact) mass is 247 g/mol. The third kappa shape index (κ3) is 2.71. The van der Waals surface area contributed by atoms with Crippen LogP contribution in [0.15, 0.2) is 12.1 Å². The molecule has 0 bridgehead atoms. The van der Waals surface area contributed by atoms with Crippen molar-refractivity contribution in [1.29, 1.82) is 0 Å². The van der Waals surface area contributed by atoms with Crippen molar-refractivity contribution in [3.63, 3.8) is 0 Å². The van der Waals surface area contributed by atoms with Crippen molar-refractivity contribution >= 4 is 11.0 Å². The summed E-state index contributed by atoms with van der Waals surface area (Å²) >= 11 is 0. The molecule has 1 aromatic carbocycles. The van der Waals surface area contributed by atoms with Crippen LogP contribution < -0.4 is 0 Å². The Bertz CT molecular complexity index is 494. The first kappa shape index (κ1) is 13.1. The molecule has 98 valence electrons. The third-order valence-electron chi connectivity index (χ3n) is 3.38. The Labute approximate surface area is 108 Å². The van der Waals surface area contributed by atoms with Crippen LogP contribution >= 0.6 is 0 Å². The van der Waals surface area contributed by atoms with Crippen LogP contribution in [0.25, 0.3) is 11.0 Å². The molecular formula is C14H21N3O. The van der Waals surface area contributed by atoms with Gasteiger partial charge in [0.1, 0.15) is 5.82 Å². The maximum Gasteiger partial charge on any atom is 0.121 e. The second kappa shape index (κ2) is 5.50. The van der Waals surface area contributed by atoms with Crippen molar-refractivity contribution in [3.05, 3.63) is 29.1 Å². The summed E-state index contributed by atoms with van der Waals surface area (Å²) in [6.07, 6.45) is 0. The Morgan fingerprint density at radius 2 is 2.00 bits per heavy atom. The lowest BCUT2D eigenvalue weighted by molar-refractivity contribution is 0.194. The van der Waals surface area contributed by atoms with Gasteiger partial charge in [0.25, 0.3) is 0 Å². The fraction of sp³-hybridized carbons (Fsp3) is 0.500. The number of aliphatic hydroxyl groups is 1. The van der Waals surface area contributed by atoms with E-state index in [9.17, 15) is 0 Å². The molecule has 0 atom stereocenters. The van der Waals surface area contributed by atoms with Crippen LogP contribution in [0.1, 0.15) is 23.9 Å². The van der Waals surface area contributed by atoms with E-state index in [1.165, 1.54) is 11.1 Å². The summed E-state index contributed by atoms with van der Waals surface area (Å²) in [6, 6.07) is 4.26. The van der Waals surface area contributed by atoms with E-state index < -0.39 is 0 Å². The number of hydrogen-bond donors (Lipinski definition) is 2. The van der Waals surface area contributed by atoms with Gasteiger partial charge in [0, 0.05) is 6.54 Å². The van der Waals surface area contributed by atoms with E-state index in [-0.39, 0.29) is 6.61 Å². The highest BCUT2D eigenvalue weighted by atomic mass is 16.3. The van der Waals surface area contributed by atoms with Crippen molar-refractivity contribution in [2.45, 2.75) is 27.3 Å². The predicted molar refractivity (Wildman–Crippen MR) is 73.6 cm³/mol. The van der Waals surface area contributed by atoms with Gasteiger partial charge in [-0.2, -0.15) is 0 Å². The first-order valence-electron chi connectivity index (χ1n) is 6.43. The molecule has 0 saturated carbocycles. The van der Waals surface area contributed by atoms with E-state index in [0.29, 0.717) is 6.54 Å². The van der Waals surface area contributed by atoms with Crippen LogP contribution in [0, 0.1) is 13.8 Å². The van der Waals surface area contributed by atoms with Crippen LogP contribution in [-0.4, -0.2) is 39.7 Å². The molecule has 2 N–H and O–H groups in total. The molecule has 18 heavy (non-hydrogen) atoms. The lowest BCUT2D eigenvalue weighted by atomic mass is 10.1. The molecule has 1 heterocycles. The number of aromatic amines is 1. The number of aryl methyl sites for hydroxylation is 2. The summed E-state index contributed by atoms with van der Waals surface area (Å²) in [7, 11) is 0. The number of nitrogens with one attached hydrogen (secondary N) is 1. The first-order valence-corrected chi connectivity index (χ1v) is 6.43. The second-order valence-electron chi connectivity index (χ2n) is 4.73. The largest absolute Gasteiger partial charge is 0.395 e. The molecule has 2 aromatic rings. The van der Waals surface area contributed by atoms with Crippen molar-refractivity contribution < 1.29 is 5.11 Å². The van der Waals surface area contributed by atoms with Crippen LogP contribution in [0.5, 0.6) is 0 Å². The molecule has 4 heteroatoms. The summed E-state index contributed by atoms with van der Waals surface area (Å²) in [5, 5.41) is 8.99. The maximum absolute atomic E-state index is 8.99. The Hall–Kier alpha value is -1.39. The molecule has 4 nitrogen and oxygen atoms in total. The summed E-state index contributed by atoms with van der Waals surface area (Å²) in [4.78, 5) is 10.1. The number of fused-ring (bicyclic) bond motifs is 1. The van der Waals surface area contributed by atoms with Crippen LogP contribution in [0.4, 0.5) is 0 Å². The maximum atomic E-state index is 8.99. The van der Waals surface area contributed by atoms with Gasteiger partial charge >= 0.3 is 0 Å². The zero-order valence-corrected chi connectivity index (χ0v) is 11.3. The minimum Gasteiger partial charge on any atom is -0.395 e. The molecule has 0 radical (unpaired) electrons. The van der Waals surface area contributed by atoms with Crippen LogP contribution in [-0.2, 0) is 6.54 Å². The van der Waals surface area contributed by atoms with Crippen molar-refractivity contribution in [3.8, 4) is 0 Å². The number of H-pyrrole nitrogens is 1. The number of rotatable bonds is 5. The zero-order chi connectivity index (χ0) is 13.1. The minimum absolute atomic E-state index is 0.187. The normalized spacial score (nSPS) is 11.6. The molecule has 2 rings (SSSR count). The third-order valence-corrected chi connectivity index (χ3v) is 3.38. The highest BCUT2D eigenvalue weighted by molar-refractivity contribution is 5.77. The van der Waals surface area contributed by atoms with Gasteiger partial charge < -0.3 is 10.1 Å². The second-order valence-corrected chi connectivity index (χ2v) is 4.73. The van der Waals surface area contributed by atoms with E-state index in [4.69, 9.17) is 5.11 Å². The van der Waals surface area contributed by atoms with Gasteiger partial charge in [0.15, 0.2) is 0 Å². The van der Waals surface area contributed by atoms with Gasteiger partial charge in [-0.1, -0.05) is 6.92 Å². The fourth-order valence-corrected chi connectivity index (χ4v) is 2.10. The minimum atomic E-state index is 0.187. The smallest absolute Gasteiger partial charge is 0.121 e. The number of likely N-dealkylation sites (N-methyl/N-ethyl adjacent to an activating group) is 1. The molecule has 0 aliphatic rings. The highest BCUT2D eigenvalue weighted by Gasteiger charge is 2.08. The van der Waals surface area contributed by atoms with Gasteiger partial charge in [0.2, 0.25) is 0 Å². The number of imidazole rings is 1. The quantitative estimate of drug-likeness (QED) is 0.849. The van der Waals surface area contributed by atoms with E-state index in [1.807, 2.05) is 0 Å². The molecule has 0 spiro atoms. The number of hydrogen-bond acceptors (Lipinski definition) is 3. The van der Waals surface area contributed by atoms with Crippen LogP contribution in [0.3, 0.4) is 0 Å². The van der Waals surface area contributed by atoms with E-state index >= 15 is 0 Å². The molecule has 0 aliphatic carbocycles. The molecule has 0 fully saturated rings. The Morgan fingerprint density at radius 1 is 1.28 bits per heavy atom. The zero-order valence-electron chi connectivity index (χ0n) is 11.3. The Balaban J connectivity index is 2.24. The SMILES string of the molecule is CCN(CCO)Cc1nc2cc(C)c(C)cc2[nH]1. The van der Waals surface area contributed by atoms with Crippen LogP contribution in [0.2, 0.25) is 0 Å². The van der Waals surface area contributed by atoms with Crippen molar-refractivity contribution in [2.24, 2.45) is 0 Å². The molecule has 1 aromatic heterocycles. The number of nitrogens with zero attached hydrogens (tertiary/aromatic N) is 2. The molecule has 0 amide bonds. The number of benzene rings is 1. The summed E-state index contributed by atoms with van der Waals surface area (Å²) in [6.45, 7) is 8.84. The number of aliphatic hydroxyl groups excluding tert-OH is 1. The fourth-order valence-electron chi connectivity index (χ4n) is 2.10. The average Bonchev–Trinajstić information content (AvgIpc) is 2.70. The lowest BCUT2D eigenvalue weighted by Crippen LogP contribution is -2.26. The van der Waals surface area contributed by atoms with Gasteiger partial charge in [0.05, 0.1) is 24.2 Å².